The van der Waals surface area contributed by atoms with Crippen molar-refractivity contribution in [2.75, 3.05) is 6.61 Å². The molecule has 0 amide bonds. The molecule has 1 spiro atoms. The van der Waals surface area contributed by atoms with Crippen molar-refractivity contribution in [3.05, 3.63) is 0 Å². The molecule has 9 atom stereocenters. The standard InChI is InChI=1S/C22H35BO5/c1-20-8-6-14(24)10-13(20)4-5-15-16-7-9-22(18(26)12-27-23(3)28-22)21(16,2)11-17(25)19(15)20/h13-17,19,24-25H,4-12H2,1-3H3/t13-,14-,15+,16+,17+,19-,20+,21+,22+/m1/s1. The number of hydrogen-bond donors (Lipinski definition) is 2. The van der Waals surface area contributed by atoms with Gasteiger partial charge >= 0.3 is 7.12 Å². The van der Waals surface area contributed by atoms with Gasteiger partial charge in [0.15, 0.2) is 5.78 Å². The maximum Gasteiger partial charge on any atom is 0.454 e. The molecule has 1 heterocycles. The van der Waals surface area contributed by atoms with Crippen molar-refractivity contribution in [2.45, 2.75) is 89.8 Å². The number of fused-ring (bicyclic) bond motifs is 6. The first kappa shape index (κ1) is 19.5. The van der Waals surface area contributed by atoms with Gasteiger partial charge in [-0.25, -0.2) is 0 Å². The lowest BCUT2D eigenvalue weighted by molar-refractivity contribution is -0.204. The minimum Gasteiger partial charge on any atom is -0.404 e. The van der Waals surface area contributed by atoms with Crippen LogP contribution in [0.15, 0.2) is 0 Å². The summed E-state index contributed by atoms with van der Waals surface area (Å²) in [5.74, 6) is 1.72. The highest BCUT2D eigenvalue weighted by Gasteiger charge is 2.70. The Labute approximate surface area is 168 Å². The van der Waals surface area contributed by atoms with Crippen LogP contribution in [0.1, 0.15) is 65.2 Å². The van der Waals surface area contributed by atoms with Gasteiger partial charge in [-0.3, -0.25) is 4.79 Å². The summed E-state index contributed by atoms with van der Waals surface area (Å²) in [6.07, 6.45) is 6.81. The van der Waals surface area contributed by atoms with Gasteiger partial charge in [0.1, 0.15) is 5.60 Å². The quantitative estimate of drug-likeness (QED) is 0.622. The van der Waals surface area contributed by atoms with Crippen LogP contribution in [0.4, 0.5) is 0 Å². The molecule has 5 fully saturated rings. The summed E-state index contributed by atoms with van der Waals surface area (Å²) in [4.78, 5) is 13.1. The third kappa shape index (κ3) is 2.38. The molecule has 0 aromatic heterocycles. The third-order valence-electron chi connectivity index (χ3n) is 9.96. The summed E-state index contributed by atoms with van der Waals surface area (Å²) in [7, 11) is -0.365. The van der Waals surface area contributed by atoms with E-state index in [1.807, 2.05) is 6.82 Å². The molecule has 156 valence electrons. The lowest BCUT2D eigenvalue weighted by atomic mass is 9.43. The Morgan fingerprint density at radius 2 is 1.89 bits per heavy atom. The van der Waals surface area contributed by atoms with Gasteiger partial charge in [0, 0.05) is 5.41 Å². The van der Waals surface area contributed by atoms with E-state index in [9.17, 15) is 15.0 Å². The van der Waals surface area contributed by atoms with Crippen molar-refractivity contribution in [1.82, 2.24) is 0 Å². The van der Waals surface area contributed by atoms with Gasteiger partial charge in [-0.05, 0) is 87.3 Å². The van der Waals surface area contributed by atoms with Crippen molar-refractivity contribution >= 4 is 12.9 Å². The van der Waals surface area contributed by atoms with Gasteiger partial charge in [0.05, 0.1) is 18.8 Å². The topological polar surface area (TPSA) is 76.0 Å². The number of Topliss-reactive ketones (excluding diaryl/α,β-unsaturated/α-hetero) is 1. The van der Waals surface area contributed by atoms with Crippen LogP contribution in [0.2, 0.25) is 6.82 Å². The van der Waals surface area contributed by atoms with E-state index in [-0.39, 0.29) is 42.4 Å². The smallest absolute Gasteiger partial charge is 0.404 e. The highest BCUT2D eigenvalue weighted by atomic mass is 16.6. The molecular formula is C22H35BO5. The highest BCUT2D eigenvalue weighted by molar-refractivity contribution is 6.44. The second kappa shape index (κ2) is 6.29. The Morgan fingerprint density at radius 1 is 1.11 bits per heavy atom. The number of carbonyl (C=O) groups is 1. The van der Waals surface area contributed by atoms with Gasteiger partial charge in [-0.2, -0.15) is 0 Å². The summed E-state index contributed by atoms with van der Waals surface area (Å²) in [6, 6.07) is 0. The summed E-state index contributed by atoms with van der Waals surface area (Å²) in [5, 5.41) is 21.7. The van der Waals surface area contributed by atoms with E-state index in [1.54, 1.807) is 0 Å². The summed E-state index contributed by atoms with van der Waals surface area (Å²) < 4.78 is 11.8. The molecule has 28 heavy (non-hydrogen) atoms. The molecule has 0 radical (unpaired) electrons. The fourth-order valence-corrected chi connectivity index (χ4v) is 8.69. The lowest BCUT2D eigenvalue weighted by Gasteiger charge is -2.63. The molecule has 5 rings (SSSR count). The Morgan fingerprint density at radius 3 is 2.68 bits per heavy atom. The second-order valence-electron chi connectivity index (χ2n) is 11.0. The first-order valence-corrected chi connectivity index (χ1v) is 11.4. The van der Waals surface area contributed by atoms with E-state index in [1.165, 1.54) is 0 Å². The molecule has 4 saturated carbocycles. The van der Waals surface area contributed by atoms with Gasteiger partial charge in [0.25, 0.3) is 0 Å². The molecule has 1 saturated heterocycles. The van der Waals surface area contributed by atoms with E-state index < -0.39 is 11.7 Å². The molecule has 0 bridgehead atoms. The first-order valence-electron chi connectivity index (χ1n) is 11.4. The number of rotatable bonds is 0. The zero-order valence-electron chi connectivity index (χ0n) is 17.5. The number of ketones is 1. The van der Waals surface area contributed by atoms with Crippen LogP contribution in [0.3, 0.4) is 0 Å². The van der Waals surface area contributed by atoms with Crippen molar-refractivity contribution in [1.29, 1.82) is 0 Å². The molecule has 6 heteroatoms. The van der Waals surface area contributed by atoms with Crippen LogP contribution >= 0.6 is 0 Å². The molecular weight excluding hydrogens is 355 g/mol. The normalized spacial score (nSPS) is 56.3. The highest BCUT2D eigenvalue weighted by Crippen LogP contribution is 2.69. The predicted molar refractivity (Wildman–Crippen MR) is 106 cm³/mol. The minimum absolute atomic E-state index is 0.0712. The largest absolute Gasteiger partial charge is 0.454 e. The van der Waals surface area contributed by atoms with Gasteiger partial charge in [-0.1, -0.05) is 13.8 Å². The molecule has 5 nitrogen and oxygen atoms in total. The minimum atomic E-state index is -0.790. The van der Waals surface area contributed by atoms with Crippen LogP contribution in [0, 0.1) is 34.5 Å². The Bertz CT molecular complexity index is 671. The SMILES string of the molecule is CB1OCC(=O)[C@]2(CC[C@H]3[C@@H]4CC[C@@H]5C[C@H](O)CC[C@]5(C)[C@H]4[C@@H](O)C[C@@]32C)O1. The van der Waals surface area contributed by atoms with Crippen LogP contribution in [0.25, 0.3) is 0 Å². The average molecular weight is 390 g/mol. The lowest BCUT2D eigenvalue weighted by Crippen LogP contribution is -2.66. The Balaban J connectivity index is 1.50. The van der Waals surface area contributed by atoms with Crippen molar-refractivity contribution < 1.29 is 24.3 Å². The number of hydrogen-bond acceptors (Lipinski definition) is 5. The van der Waals surface area contributed by atoms with Crippen LogP contribution in [-0.4, -0.2) is 47.5 Å². The van der Waals surface area contributed by atoms with E-state index in [0.717, 1.165) is 44.9 Å². The van der Waals surface area contributed by atoms with Crippen molar-refractivity contribution in [3.63, 3.8) is 0 Å². The summed E-state index contributed by atoms with van der Waals surface area (Å²) in [6.45, 7) is 6.59. The van der Waals surface area contributed by atoms with Crippen LogP contribution in [-0.2, 0) is 14.1 Å². The van der Waals surface area contributed by atoms with Gasteiger partial charge in [-0.15, -0.1) is 0 Å². The number of aliphatic hydroxyl groups excluding tert-OH is 2. The second-order valence-corrected chi connectivity index (χ2v) is 11.0. The molecule has 0 aromatic rings. The molecule has 0 aromatic carbocycles. The van der Waals surface area contributed by atoms with Gasteiger partial charge < -0.3 is 19.5 Å². The zero-order valence-corrected chi connectivity index (χ0v) is 17.5. The number of aliphatic hydroxyl groups is 2. The zero-order chi connectivity index (χ0) is 19.9. The third-order valence-corrected chi connectivity index (χ3v) is 9.96. The first-order chi connectivity index (χ1) is 13.2. The molecule has 0 unspecified atom stereocenters. The van der Waals surface area contributed by atoms with Crippen LogP contribution in [0.5, 0.6) is 0 Å². The number of carbonyl (C=O) groups excluding carboxylic acids is 1. The van der Waals surface area contributed by atoms with Gasteiger partial charge in [0.2, 0.25) is 0 Å². The maximum atomic E-state index is 13.1. The van der Waals surface area contributed by atoms with Crippen molar-refractivity contribution in [2.24, 2.45) is 34.5 Å². The predicted octanol–water partition coefficient (Wildman–Crippen LogP) is 2.83. The monoisotopic (exact) mass is 390 g/mol. The molecule has 1 aliphatic heterocycles. The Hall–Kier alpha value is -0.425. The fraction of sp³-hybridized carbons (Fsp3) is 0.955. The average Bonchev–Trinajstić information content (AvgIpc) is 2.91. The van der Waals surface area contributed by atoms with Crippen LogP contribution < -0.4 is 0 Å². The Kier molecular flexibility index (Phi) is 4.39. The van der Waals surface area contributed by atoms with E-state index in [0.29, 0.717) is 24.2 Å². The van der Waals surface area contributed by atoms with E-state index in [2.05, 4.69) is 13.8 Å². The maximum absolute atomic E-state index is 13.1. The molecule has 5 aliphatic rings. The molecule has 2 N–H and O–H groups in total. The van der Waals surface area contributed by atoms with Crippen molar-refractivity contribution in [3.8, 4) is 0 Å². The van der Waals surface area contributed by atoms with E-state index in [4.69, 9.17) is 9.31 Å². The fourth-order valence-electron chi connectivity index (χ4n) is 8.69. The summed E-state index contributed by atoms with van der Waals surface area (Å²) >= 11 is 0. The summed E-state index contributed by atoms with van der Waals surface area (Å²) in [5.41, 5.74) is -1.01. The molecule has 4 aliphatic carbocycles. The van der Waals surface area contributed by atoms with E-state index >= 15 is 0 Å².